The first-order valence-corrected chi connectivity index (χ1v) is 13.7. The summed E-state index contributed by atoms with van der Waals surface area (Å²) >= 11 is 1.89. The van der Waals surface area contributed by atoms with Gasteiger partial charge in [-0.1, -0.05) is 6.07 Å². The molecule has 0 aliphatic carbocycles. The van der Waals surface area contributed by atoms with Crippen LogP contribution in [0.25, 0.3) is 0 Å². The average molecular weight is 607 g/mol. The first kappa shape index (κ1) is 34.3. The van der Waals surface area contributed by atoms with Crippen molar-refractivity contribution in [2.45, 2.75) is 44.6 Å². The molecule has 15 heteroatoms. The van der Waals surface area contributed by atoms with E-state index in [-0.39, 0.29) is 0 Å². The Morgan fingerprint density at radius 3 is 2.05 bits per heavy atom. The summed E-state index contributed by atoms with van der Waals surface area (Å²) in [6.07, 6.45) is -5.02. The molecule has 0 bridgehead atoms. The quantitative estimate of drug-likeness (QED) is 0.454. The minimum Gasteiger partial charge on any atom is -0.475 e. The van der Waals surface area contributed by atoms with Crippen molar-refractivity contribution in [2.24, 2.45) is 17.3 Å². The standard InChI is InChI=1S/C21H34N2O2S.2C2HF3O2/c1-24-16-19-14-23(13-18-4-10-25-11-5-18)17-21(19)6-8-22(9-7-21)15-20-3-2-12-26-20;2*3-2(4,5)1(6)7/h2-3,12,18-19H,4-11,13-17H2,1H3;2*(H,6,7). The maximum atomic E-state index is 10.6. The number of hydrogen-bond acceptors (Lipinski definition) is 7. The number of carboxylic acid groups (broad SMARTS) is 2. The van der Waals surface area contributed by atoms with Crippen LogP contribution in [0.15, 0.2) is 17.5 Å². The topological polar surface area (TPSA) is 99.5 Å². The number of nitrogens with zero attached hydrogens (tertiary/aromatic N) is 2. The van der Waals surface area contributed by atoms with Crippen molar-refractivity contribution >= 4 is 23.3 Å². The van der Waals surface area contributed by atoms with Crippen molar-refractivity contribution in [3.8, 4) is 0 Å². The van der Waals surface area contributed by atoms with E-state index in [1.165, 1.54) is 63.3 Å². The van der Waals surface area contributed by atoms with Crippen LogP contribution in [-0.4, -0.2) is 104 Å². The maximum absolute atomic E-state index is 10.6. The largest absolute Gasteiger partial charge is 0.490 e. The van der Waals surface area contributed by atoms with Crippen LogP contribution < -0.4 is 0 Å². The minimum absolute atomic E-state index is 0.479. The molecule has 1 aromatic rings. The zero-order valence-corrected chi connectivity index (χ0v) is 23.0. The van der Waals surface area contributed by atoms with Gasteiger partial charge in [0, 0.05) is 57.3 Å². The van der Waals surface area contributed by atoms with Crippen LogP contribution in [-0.2, 0) is 25.6 Å². The number of likely N-dealkylation sites (tertiary alicyclic amines) is 2. The first-order valence-electron chi connectivity index (χ1n) is 12.8. The van der Waals surface area contributed by atoms with Crippen molar-refractivity contribution in [2.75, 3.05) is 59.7 Å². The number of ether oxygens (including phenoxy) is 2. The third kappa shape index (κ3) is 11.1. The van der Waals surface area contributed by atoms with Crippen molar-refractivity contribution in [1.82, 2.24) is 9.80 Å². The SMILES string of the molecule is COCC1CN(CC2CCOCC2)CC12CCN(Cc1cccs1)CC2.O=C(O)C(F)(F)F.O=C(O)C(F)(F)F. The van der Waals surface area contributed by atoms with Gasteiger partial charge in [0.05, 0.1) is 6.61 Å². The number of aliphatic carboxylic acids is 2. The van der Waals surface area contributed by atoms with Gasteiger partial charge in [-0.2, -0.15) is 26.3 Å². The highest BCUT2D eigenvalue weighted by Crippen LogP contribution is 2.45. The van der Waals surface area contributed by atoms with E-state index in [1.807, 2.05) is 18.4 Å². The molecule has 0 radical (unpaired) electrons. The Bertz CT molecular complexity index is 877. The maximum Gasteiger partial charge on any atom is 0.490 e. The van der Waals surface area contributed by atoms with Crippen molar-refractivity contribution in [3.05, 3.63) is 22.4 Å². The number of thiophene rings is 1. The van der Waals surface area contributed by atoms with Crippen LogP contribution in [0.3, 0.4) is 0 Å². The molecule has 3 aliphatic rings. The van der Waals surface area contributed by atoms with Gasteiger partial charge in [-0.15, -0.1) is 11.3 Å². The first-order chi connectivity index (χ1) is 18.7. The Morgan fingerprint density at radius 2 is 1.60 bits per heavy atom. The third-order valence-corrected chi connectivity index (χ3v) is 8.27. The van der Waals surface area contributed by atoms with Crippen LogP contribution >= 0.6 is 11.3 Å². The molecule has 0 aromatic carbocycles. The molecule has 1 unspecified atom stereocenters. The number of halogens is 6. The fraction of sp³-hybridized carbons (Fsp3) is 0.760. The van der Waals surface area contributed by atoms with E-state index in [9.17, 15) is 26.3 Å². The zero-order chi connectivity index (χ0) is 30.0. The van der Waals surface area contributed by atoms with Crippen molar-refractivity contribution in [3.63, 3.8) is 0 Å². The number of piperidine rings is 1. The fourth-order valence-corrected chi connectivity index (χ4v) is 6.10. The summed E-state index contributed by atoms with van der Waals surface area (Å²) in [7, 11) is 1.88. The van der Waals surface area contributed by atoms with E-state index in [4.69, 9.17) is 29.3 Å². The zero-order valence-electron chi connectivity index (χ0n) is 22.2. The lowest BCUT2D eigenvalue weighted by atomic mass is 9.71. The van der Waals surface area contributed by atoms with Gasteiger partial charge in [0.25, 0.3) is 0 Å². The normalized spacial score (nSPS) is 22.2. The second-order valence-corrected chi connectivity index (χ2v) is 11.3. The van der Waals surface area contributed by atoms with Gasteiger partial charge < -0.3 is 24.6 Å². The van der Waals surface area contributed by atoms with Gasteiger partial charge in [0.2, 0.25) is 0 Å². The van der Waals surface area contributed by atoms with E-state index in [2.05, 4.69) is 27.3 Å². The van der Waals surface area contributed by atoms with E-state index >= 15 is 0 Å². The van der Waals surface area contributed by atoms with Gasteiger partial charge in [0.1, 0.15) is 0 Å². The van der Waals surface area contributed by atoms with E-state index in [1.54, 1.807) is 0 Å². The lowest BCUT2D eigenvalue weighted by molar-refractivity contribution is -0.193. The Hall–Kier alpha value is -1.94. The van der Waals surface area contributed by atoms with E-state index in [0.717, 1.165) is 32.3 Å². The number of carbonyl (C=O) groups is 2. The molecule has 230 valence electrons. The predicted octanol–water partition coefficient (Wildman–Crippen LogP) is 4.60. The lowest BCUT2D eigenvalue weighted by Gasteiger charge is -2.42. The summed E-state index contributed by atoms with van der Waals surface area (Å²) in [6.45, 7) is 10.2. The molecule has 0 amide bonds. The van der Waals surface area contributed by atoms with E-state index < -0.39 is 24.3 Å². The molecule has 3 fully saturated rings. The molecular formula is C25H36F6N2O6S. The second kappa shape index (κ2) is 15.3. The Balaban J connectivity index is 0.000000333. The Kier molecular flexibility index (Phi) is 13.1. The van der Waals surface area contributed by atoms with Crippen LogP contribution in [0, 0.1) is 17.3 Å². The molecule has 1 atom stereocenters. The van der Waals surface area contributed by atoms with Crippen LogP contribution in [0.2, 0.25) is 0 Å². The second-order valence-electron chi connectivity index (χ2n) is 10.2. The number of methoxy groups -OCH3 is 1. The van der Waals surface area contributed by atoms with Crippen LogP contribution in [0.4, 0.5) is 26.3 Å². The highest BCUT2D eigenvalue weighted by Gasteiger charge is 2.48. The highest BCUT2D eigenvalue weighted by atomic mass is 32.1. The van der Waals surface area contributed by atoms with Gasteiger partial charge in [-0.3, -0.25) is 4.90 Å². The predicted molar refractivity (Wildman–Crippen MR) is 134 cm³/mol. The summed E-state index contributed by atoms with van der Waals surface area (Å²) in [5, 5.41) is 16.4. The lowest BCUT2D eigenvalue weighted by Crippen LogP contribution is -2.45. The molecule has 8 nitrogen and oxygen atoms in total. The molecule has 1 aromatic heterocycles. The molecule has 4 heterocycles. The monoisotopic (exact) mass is 606 g/mol. The summed E-state index contributed by atoms with van der Waals surface area (Å²) in [6, 6.07) is 4.44. The van der Waals surface area contributed by atoms with Crippen LogP contribution in [0.5, 0.6) is 0 Å². The number of alkyl halides is 6. The van der Waals surface area contributed by atoms with Crippen molar-refractivity contribution in [1.29, 1.82) is 0 Å². The van der Waals surface area contributed by atoms with Gasteiger partial charge in [-0.05, 0) is 61.6 Å². The Labute approximate surface area is 232 Å². The molecule has 1 spiro atoms. The number of rotatable bonds is 6. The van der Waals surface area contributed by atoms with Gasteiger partial charge in [0.15, 0.2) is 0 Å². The van der Waals surface area contributed by atoms with Crippen LogP contribution in [0.1, 0.15) is 30.6 Å². The molecule has 3 aliphatic heterocycles. The summed E-state index contributed by atoms with van der Waals surface area (Å²) in [5.41, 5.74) is 0.479. The molecule has 4 rings (SSSR count). The molecule has 3 saturated heterocycles. The smallest absolute Gasteiger partial charge is 0.475 e. The highest BCUT2D eigenvalue weighted by molar-refractivity contribution is 7.09. The average Bonchev–Trinajstić information content (AvgIpc) is 3.49. The number of hydrogen-bond donors (Lipinski definition) is 2. The van der Waals surface area contributed by atoms with Gasteiger partial charge >= 0.3 is 24.3 Å². The van der Waals surface area contributed by atoms with Crippen molar-refractivity contribution < 1.29 is 55.6 Å². The Morgan fingerprint density at radius 1 is 1.05 bits per heavy atom. The molecule has 0 saturated carbocycles. The summed E-state index contributed by atoms with van der Waals surface area (Å²) in [4.78, 5) is 24.7. The summed E-state index contributed by atoms with van der Waals surface area (Å²) in [5.74, 6) is -3.97. The van der Waals surface area contributed by atoms with E-state index in [0.29, 0.717) is 11.3 Å². The summed E-state index contributed by atoms with van der Waals surface area (Å²) < 4.78 is 74.7. The number of carboxylic acids is 2. The molecular weight excluding hydrogens is 570 g/mol. The molecule has 40 heavy (non-hydrogen) atoms. The molecule has 2 N–H and O–H groups in total. The fourth-order valence-electron chi connectivity index (χ4n) is 5.35. The third-order valence-electron chi connectivity index (χ3n) is 7.40. The van der Waals surface area contributed by atoms with Gasteiger partial charge in [-0.25, -0.2) is 9.59 Å². The minimum atomic E-state index is -5.08.